The van der Waals surface area contributed by atoms with E-state index in [2.05, 4.69) is 15.5 Å². The number of rotatable bonds is 11. The minimum Gasteiger partial charge on any atom is -0.425 e. The molecule has 10 nitrogen and oxygen atoms in total. The average Bonchev–Trinajstić information content (AvgIpc) is 3.31. The first-order valence-corrected chi connectivity index (χ1v) is 15.0. The Kier molecular flexibility index (Phi) is 9.47. The van der Waals surface area contributed by atoms with Crippen LogP contribution in [0.2, 0.25) is 0 Å². The van der Waals surface area contributed by atoms with E-state index in [4.69, 9.17) is 9.47 Å². The quantitative estimate of drug-likeness (QED) is 0.177. The number of ether oxygens (including phenoxy) is 2. The van der Waals surface area contributed by atoms with Crippen molar-refractivity contribution in [1.29, 1.82) is 0 Å². The van der Waals surface area contributed by atoms with Gasteiger partial charge in [0.15, 0.2) is 4.34 Å². The fourth-order valence-electron chi connectivity index (χ4n) is 3.89. The van der Waals surface area contributed by atoms with Gasteiger partial charge in [-0.15, -0.1) is 22.0 Å². The van der Waals surface area contributed by atoms with Crippen molar-refractivity contribution in [2.45, 2.75) is 55.8 Å². The van der Waals surface area contributed by atoms with Crippen LogP contribution in [0.25, 0.3) is 0 Å². The maximum Gasteiger partial charge on any atom is 0.358 e. The molecule has 2 N–H and O–H groups in total. The number of thioether (sulfide) groups is 2. The predicted octanol–water partition coefficient (Wildman–Crippen LogP) is 2.89. The number of aliphatic hydroxyl groups excluding tert-OH is 1. The Morgan fingerprint density at radius 2 is 1.95 bits per heavy atom. The summed E-state index contributed by atoms with van der Waals surface area (Å²) in [5.41, 5.74) is 1.65. The molecule has 1 aromatic heterocycles. The lowest BCUT2D eigenvalue weighted by Gasteiger charge is -2.50. The molecule has 0 spiro atoms. The molecule has 204 valence electrons. The van der Waals surface area contributed by atoms with Crippen LogP contribution in [0.5, 0.6) is 0 Å². The van der Waals surface area contributed by atoms with E-state index in [-0.39, 0.29) is 29.4 Å². The third-order valence-electron chi connectivity index (χ3n) is 5.86. The highest BCUT2D eigenvalue weighted by atomic mass is 32.2. The van der Waals surface area contributed by atoms with Gasteiger partial charge in [-0.1, -0.05) is 67.3 Å². The van der Waals surface area contributed by atoms with Crippen molar-refractivity contribution in [1.82, 2.24) is 20.4 Å². The third kappa shape index (κ3) is 6.57. The van der Waals surface area contributed by atoms with Crippen LogP contribution in [0.15, 0.2) is 45.9 Å². The van der Waals surface area contributed by atoms with Crippen molar-refractivity contribution in [2.75, 3.05) is 18.1 Å². The van der Waals surface area contributed by atoms with Crippen LogP contribution >= 0.6 is 34.9 Å². The first-order valence-electron chi connectivity index (χ1n) is 12.1. The molecule has 2 aliphatic rings. The van der Waals surface area contributed by atoms with Crippen LogP contribution in [-0.2, 0) is 23.9 Å². The highest BCUT2D eigenvalue weighted by molar-refractivity contribution is 8.01. The Morgan fingerprint density at radius 1 is 1.21 bits per heavy atom. The van der Waals surface area contributed by atoms with Crippen molar-refractivity contribution in [3.05, 3.63) is 52.2 Å². The summed E-state index contributed by atoms with van der Waals surface area (Å²) in [6.45, 7) is 6.90. The van der Waals surface area contributed by atoms with Gasteiger partial charge in [-0.2, -0.15) is 0 Å². The maximum absolute atomic E-state index is 13.3. The van der Waals surface area contributed by atoms with Gasteiger partial charge in [-0.25, -0.2) is 4.79 Å². The van der Waals surface area contributed by atoms with Crippen LogP contribution in [0.3, 0.4) is 0 Å². The number of nitrogens with zero attached hydrogens (tertiary/aromatic N) is 3. The van der Waals surface area contributed by atoms with Gasteiger partial charge in [-0.05, 0) is 18.1 Å². The number of fused-ring (bicyclic) bond motifs is 1. The number of hydrogen-bond acceptors (Lipinski definition) is 12. The van der Waals surface area contributed by atoms with E-state index in [9.17, 15) is 19.5 Å². The minimum atomic E-state index is -1.11. The number of hydrogen-bond donors (Lipinski definition) is 2. The molecule has 4 rings (SSSR count). The molecule has 2 aromatic rings. The molecular formula is C25H30N4O6S3. The lowest BCUT2D eigenvalue weighted by Crippen LogP contribution is -2.70. The standard InChI is InChI=1S/C25H30N4O6S3/c1-13(2)23(32)34-15(4)35-24(33)20-17(12-37-25-28-27-14(3)38-25)11-36-22-19(21(31)29(20)22)26-10-18(30)16-8-6-5-7-9-16/h5-9,13,15,18-19,22,26,30H,10-12H2,1-4H3/t15?,18?,19?,22-/m0/s1. The zero-order valence-corrected chi connectivity index (χ0v) is 23.9. The second-order valence-corrected chi connectivity index (χ2v) is 12.6. The van der Waals surface area contributed by atoms with Gasteiger partial charge < -0.3 is 19.9 Å². The second kappa shape index (κ2) is 12.6. The van der Waals surface area contributed by atoms with Gasteiger partial charge in [0, 0.05) is 25.0 Å². The van der Waals surface area contributed by atoms with Gasteiger partial charge in [0.1, 0.15) is 22.1 Å². The van der Waals surface area contributed by atoms with Gasteiger partial charge in [0.2, 0.25) is 12.2 Å². The van der Waals surface area contributed by atoms with Crippen LogP contribution in [-0.4, -0.2) is 73.8 Å². The number of esters is 2. The fraction of sp³-hybridized carbons (Fsp3) is 0.480. The fourth-order valence-corrected chi connectivity index (χ4v) is 7.21. The topological polar surface area (TPSA) is 131 Å². The van der Waals surface area contributed by atoms with Gasteiger partial charge in [0.05, 0.1) is 12.0 Å². The summed E-state index contributed by atoms with van der Waals surface area (Å²) in [5.74, 6) is -0.935. The van der Waals surface area contributed by atoms with Crippen LogP contribution < -0.4 is 5.32 Å². The first-order chi connectivity index (χ1) is 18.2. The van der Waals surface area contributed by atoms with E-state index < -0.39 is 30.4 Å². The Hall–Kier alpha value is -2.45. The molecule has 0 aliphatic carbocycles. The molecule has 0 saturated carbocycles. The molecule has 1 amide bonds. The van der Waals surface area contributed by atoms with E-state index in [1.54, 1.807) is 13.8 Å². The number of carbonyl (C=O) groups excluding carboxylic acids is 3. The molecule has 1 fully saturated rings. The van der Waals surface area contributed by atoms with E-state index in [0.29, 0.717) is 11.5 Å². The summed E-state index contributed by atoms with van der Waals surface area (Å²) in [5, 5.41) is 22.3. The third-order valence-corrected chi connectivity index (χ3v) is 9.26. The van der Waals surface area contributed by atoms with Crippen LogP contribution in [0, 0.1) is 12.8 Å². The van der Waals surface area contributed by atoms with E-state index in [0.717, 1.165) is 20.5 Å². The average molecular weight is 579 g/mol. The van der Waals surface area contributed by atoms with Crippen LogP contribution in [0.1, 0.15) is 37.4 Å². The van der Waals surface area contributed by atoms with Gasteiger partial charge in [0.25, 0.3) is 0 Å². The first kappa shape index (κ1) is 28.6. The summed E-state index contributed by atoms with van der Waals surface area (Å²) in [6.07, 6.45) is -1.88. The Bertz CT molecular complexity index is 1200. The summed E-state index contributed by atoms with van der Waals surface area (Å²) in [6, 6.07) is 8.65. The van der Waals surface area contributed by atoms with Crippen molar-refractivity contribution < 1.29 is 29.0 Å². The lowest BCUT2D eigenvalue weighted by molar-refractivity contribution is -0.186. The highest BCUT2D eigenvalue weighted by Crippen LogP contribution is 2.42. The van der Waals surface area contributed by atoms with Gasteiger partial charge in [-0.3, -0.25) is 14.5 Å². The number of aromatic nitrogens is 2. The second-order valence-electron chi connectivity index (χ2n) is 9.11. The normalized spacial score (nSPS) is 20.6. The highest BCUT2D eigenvalue weighted by Gasteiger charge is 2.53. The van der Waals surface area contributed by atoms with Crippen LogP contribution in [0.4, 0.5) is 0 Å². The smallest absolute Gasteiger partial charge is 0.358 e. The summed E-state index contributed by atoms with van der Waals surface area (Å²) < 4.78 is 11.4. The number of aliphatic hydroxyl groups is 1. The molecule has 3 unspecified atom stereocenters. The zero-order chi connectivity index (χ0) is 27.4. The summed E-state index contributed by atoms with van der Waals surface area (Å²) in [7, 11) is 0. The van der Waals surface area contributed by atoms with E-state index in [1.807, 2.05) is 37.3 Å². The van der Waals surface area contributed by atoms with Crippen molar-refractivity contribution >= 4 is 52.7 Å². The van der Waals surface area contributed by atoms with Crippen molar-refractivity contribution in [3.63, 3.8) is 0 Å². The predicted molar refractivity (Wildman–Crippen MR) is 145 cm³/mol. The molecule has 13 heteroatoms. The number of nitrogens with one attached hydrogen (secondary N) is 1. The number of β-lactam (4-membered cyclic amide) rings is 1. The summed E-state index contributed by atoms with van der Waals surface area (Å²) in [4.78, 5) is 40.0. The Labute approximate surface area is 233 Å². The minimum absolute atomic E-state index is 0.168. The number of carbonyl (C=O) groups is 3. The van der Waals surface area contributed by atoms with E-state index in [1.165, 1.54) is 46.7 Å². The van der Waals surface area contributed by atoms with Crippen molar-refractivity contribution in [2.24, 2.45) is 5.92 Å². The molecule has 1 saturated heterocycles. The zero-order valence-electron chi connectivity index (χ0n) is 21.4. The van der Waals surface area contributed by atoms with Crippen molar-refractivity contribution in [3.8, 4) is 0 Å². The van der Waals surface area contributed by atoms with E-state index >= 15 is 0 Å². The molecule has 3 heterocycles. The van der Waals surface area contributed by atoms with Gasteiger partial charge >= 0.3 is 11.9 Å². The maximum atomic E-state index is 13.3. The number of aryl methyl sites for hydroxylation is 1. The Morgan fingerprint density at radius 3 is 2.61 bits per heavy atom. The molecule has 2 aliphatic heterocycles. The molecule has 38 heavy (non-hydrogen) atoms. The number of amides is 1. The lowest BCUT2D eigenvalue weighted by atomic mass is 10.0. The molecular weight excluding hydrogens is 548 g/mol. The monoisotopic (exact) mass is 578 g/mol. The number of benzene rings is 1. The molecule has 0 bridgehead atoms. The molecule has 0 radical (unpaired) electrons. The summed E-state index contributed by atoms with van der Waals surface area (Å²) >= 11 is 4.43. The SMILES string of the molecule is Cc1nnc(SCC2=C(C(=O)OC(C)OC(=O)C(C)C)N3C(=O)C(NCC(O)c4ccccc4)[C@@H]3SC2)s1. The molecule has 4 atom stereocenters. The Balaban J connectivity index is 1.48. The molecule has 1 aromatic carbocycles. The largest absolute Gasteiger partial charge is 0.425 e.